The van der Waals surface area contributed by atoms with Gasteiger partial charge >= 0.3 is 7.12 Å². The fourth-order valence-corrected chi connectivity index (χ4v) is 7.30. The molecule has 0 radical (unpaired) electrons. The van der Waals surface area contributed by atoms with Crippen molar-refractivity contribution in [2.75, 3.05) is 60.6 Å². The first kappa shape index (κ1) is 38.4. The average molecular weight is 748 g/mol. The van der Waals surface area contributed by atoms with E-state index in [-0.39, 0.29) is 6.61 Å². The summed E-state index contributed by atoms with van der Waals surface area (Å²) in [5, 5.41) is 0.750. The van der Waals surface area contributed by atoms with Crippen molar-refractivity contribution < 1.29 is 28.3 Å². The van der Waals surface area contributed by atoms with Crippen molar-refractivity contribution in [1.29, 1.82) is 0 Å². The smallest absolute Gasteiger partial charge is 0.494 e. The Hall–Kier alpha value is -3.28. The molecule has 0 unspecified atom stereocenters. The third kappa shape index (κ3) is 8.11. The lowest BCUT2D eigenvalue weighted by atomic mass is 9.79. The van der Waals surface area contributed by atoms with E-state index in [1.165, 1.54) is 0 Å². The number of hydrogen-bond donors (Lipinski definition) is 0. The molecule has 2 heterocycles. The van der Waals surface area contributed by atoms with E-state index in [0.717, 1.165) is 59.8 Å². The molecule has 276 valence electrons. The number of benzene rings is 4. The van der Waals surface area contributed by atoms with E-state index in [2.05, 4.69) is 53.2 Å². The highest BCUT2D eigenvalue weighted by Gasteiger charge is 2.52. The Balaban J connectivity index is 1.38. The maximum atomic E-state index is 7.29. The van der Waals surface area contributed by atoms with Gasteiger partial charge in [-0.1, -0.05) is 77.8 Å². The minimum absolute atomic E-state index is 0.213. The highest BCUT2D eigenvalue weighted by Crippen LogP contribution is 2.43. The van der Waals surface area contributed by atoms with Gasteiger partial charge in [0.05, 0.1) is 42.1 Å². The Morgan fingerprint density at radius 1 is 0.731 bits per heavy atom. The Morgan fingerprint density at radius 2 is 1.21 bits per heavy atom. The summed E-state index contributed by atoms with van der Waals surface area (Å²) in [6, 6.07) is 29.9. The van der Waals surface area contributed by atoms with Crippen LogP contribution in [0.15, 0.2) is 91.0 Å². The van der Waals surface area contributed by atoms with Crippen LogP contribution in [0.4, 0.5) is 0 Å². The van der Waals surface area contributed by atoms with Crippen LogP contribution in [0.1, 0.15) is 44.4 Å². The van der Waals surface area contributed by atoms with E-state index in [0.29, 0.717) is 22.3 Å². The Kier molecular flexibility index (Phi) is 11.8. The second-order valence-corrected chi connectivity index (χ2v) is 15.4. The molecule has 0 spiro atoms. The first-order valence-corrected chi connectivity index (χ1v) is 18.5. The number of halogens is 2. The van der Waals surface area contributed by atoms with E-state index >= 15 is 0 Å². The molecule has 4 aromatic carbocycles. The highest BCUT2D eigenvalue weighted by atomic mass is 35.5. The molecule has 6 rings (SSSR count). The fraction of sp³-hybridized carbons (Fsp3) is 0.415. The van der Waals surface area contributed by atoms with Crippen molar-refractivity contribution >= 4 is 35.8 Å². The van der Waals surface area contributed by atoms with Gasteiger partial charge in [0.1, 0.15) is 23.2 Å². The van der Waals surface area contributed by atoms with Gasteiger partial charge in [-0.2, -0.15) is 0 Å². The van der Waals surface area contributed by atoms with E-state index in [4.69, 9.17) is 51.5 Å². The van der Waals surface area contributed by atoms with Gasteiger partial charge in [0.2, 0.25) is 0 Å². The van der Waals surface area contributed by atoms with Crippen molar-refractivity contribution in [3.63, 3.8) is 0 Å². The van der Waals surface area contributed by atoms with Gasteiger partial charge in [0.25, 0.3) is 0 Å². The first-order valence-electron chi connectivity index (χ1n) is 17.8. The number of nitrogens with zero attached hydrogens (tertiary/aromatic N) is 2. The predicted molar refractivity (Wildman–Crippen MR) is 209 cm³/mol. The Morgan fingerprint density at radius 3 is 1.69 bits per heavy atom. The minimum atomic E-state index is -1.02. The Bertz CT molecular complexity index is 1700. The minimum Gasteiger partial charge on any atom is -0.497 e. The van der Waals surface area contributed by atoms with Crippen molar-refractivity contribution in [2.45, 2.75) is 50.6 Å². The third-order valence-electron chi connectivity index (χ3n) is 10.5. The lowest BCUT2D eigenvalue weighted by Gasteiger charge is -2.39. The monoisotopic (exact) mass is 746 g/mol. The van der Waals surface area contributed by atoms with Gasteiger partial charge in [-0.05, 0) is 93.3 Å². The summed E-state index contributed by atoms with van der Waals surface area (Å²) in [7, 11) is 4.86. The molecule has 1 atom stereocenters. The summed E-state index contributed by atoms with van der Waals surface area (Å²) < 4.78 is 37.8. The summed E-state index contributed by atoms with van der Waals surface area (Å²) in [6.07, 6.45) is -0.444. The maximum Gasteiger partial charge on any atom is 0.494 e. The van der Waals surface area contributed by atoms with Crippen molar-refractivity contribution in [2.24, 2.45) is 0 Å². The molecule has 2 fully saturated rings. The second kappa shape index (κ2) is 16.0. The maximum absolute atomic E-state index is 7.29. The summed E-state index contributed by atoms with van der Waals surface area (Å²) in [5.74, 6) is 1.90. The van der Waals surface area contributed by atoms with Crippen LogP contribution in [0.5, 0.6) is 17.2 Å². The summed E-state index contributed by atoms with van der Waals surface area (Å²) in [4.78, 5) is 4.73. The zero-order valence-electron chi connectivity index (χ0n) is 31.2. The molecular formula is C41H49BCl2N2O6. The lowest BCUT2D eigenvalue weighted by Crippen LogP contribution is -2.49. The fourth-order valence-electron chi connectivity index (χ4n) is 6.71. The molecule has 11 heteroatoms. The van der Waals surface area contributed by atoms with Crippen LogP contribution in [0.2, 0.25) is 10.0 Å². The molecule has 0 bridgehead atoms. The molecule has 2 saturated heterocycles. The average Bonchev–Trinajstić information content (AvgIpc) is 3.37. The molecule has 2 aliphatic heterocycles. The second-order valence-electron chi connectivity index (χ2n) is 14.6. The topological polar surface area (TPSA) is 61.9 Å². The van der Waals surface area contributed by atoms with Crippen LogP contribution < -0.4 is 19.7 Å². The quantitative estimate of drug-likeness (QED) is 0.104. The SMILES string of the molecule is COc1ccc(C(OC[C@@H](CN2CCN(C)CC2)Oc2c(Cl)cc(B3OC(C)(C)C(C)(C)O3)cc2Cl)(c2ccccc2)c2ccc(OC)cc2)cc1. The molecular weight excluding hydrogens is 698 g/mol. The molecule has 0 amide bonds. The van der Waals surface area contributed by atoms with Crippen molar-refractivity contribution in [1.82, 2.24) is 9.80 Å². The standard InChI is InChI=1S/C41H49BCl2N2O6/c1-39(2)40(3,4)52-42(51-39)32-25-36(43)38(37(44)26-32)50-35(27-46-23-21-45(5)22-24-46)28-49-41(29-11-9-8-10-12-29,30-13-17-33(47-6)18-14-30)31-15-19-34(48-7)20-16-31/h8-20,25-26,35H,21-24,27-28H2,1-7H3/t35-/m1/s1. The summed E-state index contributed by atoms with van der Waals surface area (Å²) in [6.45, 7) is 12.6. The molecule has 0 aromatic heterocycles. The molecule has 4 aromatic rings. The lowest BCUT2D eigenvalue weighted by molar-refractivity contribution is -0.0410. The zero-order chi connectivity index (χ0) is 37.1. The molecule has 8 nitrogen and oxygen atoms in total. The van der Waals surface area contributed by atoms with Crippen LogP contribution >= 0.6 is 23.2 Å². The number of rotatable bonds is 13. The van der Waals surface area contributed by atoms with Crippen LogP contribution in [-0.2, 0) is 19.6 Å². The molecule has 0 N–H and O–H groups in total. The molecule has 0 saturated carbocycles. The number of methoxy groups -OCH3 is 2. The predicted octanol–water partition coefficient (Wildman–Crippen LogP) is 7.31. The van der Waals surface area contributed by atoms with Crippen LogP contribution in [0.3, 0.4) is 0 Å². The molecule has 2 aliphatic rings. The van der Waals surface area contributed by atoms with Gasteiger partial charge < -0.3 is 33.2 Å². The molecule has 52 heavy (non-hydrogen) atoms. The highest BCUT2D eigenvalue weighted by molar-refractivity contribution is 6.63. The van der Waals surface area contributed by atoms with Gasteiger partial charge in [-0.25, -0.2) is 0 Å². The number of hydrogen-bond acceptors (Lipinski definition) is 8. The number of piperazine rings is 1. The summed E-state index contributed by atoms with van der Waals surface area (Å²) >= 11 is 14.0. The van der Waals surface area contributed by atoms with Gasteiger partial charge in [0.15, 0.2) is 5.75 Å². The van der Waals surface area contributed by atoms with Crippen LogP contribution in [0, 0.1) is 0 Å². The van der Waals surface area contributed by atoms with Gasteiger partial charge in [-0.3, -0.25) is 4.90 Å². The van der Waals surface area contributed by atoms with E-state index < -0.39 is 30.0 Å². The van der Waals surface area contributed by atoms with E-state index in [9.17, 15) is 0 Å². The van der Waals surface area contributed by atoms with E-state index in [1.54, 1.807) is 14.2 Å². The van der Waals surface area contributed by atoms with Crippen LogP contribution in [0.25, 0.3) is 0 Å². The Labute approximate surface area is 318 Å². The van der Waals surface area contributed by atoms with Crippen molar-refractivity contribution in [3.05, 3.63) is 118 Å². The largest absolute Gasteiger partial charge is 0.497 e. The summed E-state index contributed by atoms with van der Waals surface area (Å²) in [5.41, 5.74) is 1.54. The van der Waals surface area contributed by atoms with Crippen molar-refractivity contribution in [3.8, 4) is 17.2 Å². The zero-order valence-corrected chi connectivity index (χ0v) is 32.7. The normalized spacial score (nSPS) is 18.3. The van der Waals surface area contributed by atoms with Gasteiger partial charge in [0, 0.05) is 32.7 Å². The number of ether oxygens (including phenoxy) is 4. The first-order chi connectivity index (χ1) is 24.8. The van der Waals surface area contributed by atoms with Crippen LogP contribution in [-0.4, -0.2) is 94.8 Å². The van der Waals surface area contributed by atoms with E-state index in [1.807, 2.05) is 82.3 Å². The third-order valence-corrected chi connectivity index (χ3v) is 11.1. The number of likely N-dealkylation sites (N-methyl/N-ethyl adjacent to an activating group) is 1. The molecule has 0 aliphatic carbocycles. The van der Waals surface area contributed by atoms with Gasteiger partial charge in [-0.15, -0.1) is 0 Å².